The standard InChI is InChI=1S/C15H18ClN3O/c1-3-6-17-10-11-4-5-12(16)9-13(11)14-15(20-2)19-8-7-18-14/h4-5,7-9,17H,3,6,10H2,1-2H3. The van der Waals surface area contributed by atoms with Gasteiger partial charge in [0.25, 0.3) is 0 Å². The molecule has 0 aliphatic heterocycles. The Hall–Kier alpha value is -1.65. The van der Waals surface area contributed by atoms with E-state index in [9.17, 15) is 0 Å². The number of ether oxygens (including phenoxy) is 1. The number of halogens is 1. The van der Waals surface area contributed by atoms with Gasteiger partial charge in [-0.15, -0.1) is 0 Å². The van der Waals surface area contributed by atoms with Crippen LogP contribution in [0.1, 0.15) is 18.9 Å². The Morgan fingerprint density at radius 2 is 2.05 bits per heavy atom. The molecule has 0 amide bonds. The van der Waals surface area contributed by atoms with Crippen LogP contribution in [0.15, 0.2) is 30.6 Å². The molecule has 2 rings (SSSR count). The zero-order valence-corrected chi connectivity index (χ0v) is 12.4. The zero-order valence-electron chi connectivity index (χ0n) is 11.7. The number of rotatable bonds is 6. The van der Waals surface area contributed by atoms with E-state index in [2.05, 4.69) is 22.2 Å². The fraction of sp³-hybridized carbons (Fsp3) is 0.333. The molecule has 4 nitrogen and oxygen atoms in total. The third-order valence-electron chi connectivity index (χ3n) is 2.93. The molecule has 1 N–H and O–H groups in total. The van der Waals surface area contributed by atoms with Gasteiger partial charge in [-0.2, -0.15) is 0 Å². The maximum Gasteiger partial charge on any atom is 0.240 e. The van der Waals surface area contributed by atoms with Gasteiger partial charge in [0.15, 0.2) is 0 Å². The highest BCUT2D eigenvalue weighted by Crippen LogP contribution is 2.30. The van der Waals surface area contributed by atoms with E-state index in [-0.39, 0.29) is 0 Å². The normalized spacial score (nSPS) is 10.6. The second-order valence-corrected chi connectivity index (χ2v) is 4.83. The summed E-state index contributed by atoms with van der Waals surface area (Å²) >= 11 is 6.11. The van der Waals surface area contributed by atoms with Crippen molar-refractivity contribution >= 4 is 11.6 Å². The van der Waals surface area contributed by atoms with Gasteiger partial charge >= 0.3 is 0 Å². The Morgan fingerprint density at radius 1 is 1.25 bits per heavy atom. The number of hydrogen-bond donors (Lipinski definition) is 1. The average molecular weight is 292 g/mol. The van der Waals surface area contributed by atoms with Crippen molar-refractivity contribution in [3.05, 3.63) is 41.2 Å². The summed E-state index contributed by atoms with van der Waals surface area (Å²) in [5.74, 6) is 0.506. The quantitative estimate of drug-likeness (QED) is 0.830. The molecule has 106 valence electrons. The highest BCUT2D eigenvalue weighted by Gasteiger charge is 2.13. The van der Waals surface area contributed by atoms with Crippen LogP contribution in [0.3, 0.4) is 0 Å². The molecule has 20 heavy (non-hydrogen) atoms. The summed E-state index contributed by atoms with van der Waals surface area (Å²) in [5.41, 5.74) is 2.79. The minimum absolute atomic E-state index is 0.506. The number of nitrogens with one attached hydrogen (secondary N) is 1. The fourth-order valence-electron chi connectivity index (χ4n) is 1.98. The number of aromatic nitrogens is 2. The van der Waals surface area contributed by atoms with Crippen molar-refractivity contribution < 1.29 is 4.74 Å². The van der Waals surface area contributed by atoms with Gasteiger partial charge in [0.1, 0.15) is 5.69 Å². The second-order valence-electron chi connectivity index (χ2n) is 4.39. The third kappa shape index (κ3) is 3.46. The largest absolute Gasteiger partial charge is 0.479 e. The van der Waals surface area contributed by atoms with Gasteiger partial charge in [0.2, 0.25) is 5.88 Å². The fourth-order valence-corrected chi connectivity index (χ4v) is 2.15. The molecule has 1 aromatic heterocycles. The first-order valence-electron chi connectivity index (χ1n) is 6.60. The van der Waals surface area contributed by atoms with Crippen LogP contribution in [0.25, 0.3) is 11.3 Å². The van der Waals surface area contributed by atoms with E-state index in [1.165, 1.54) is 0 Å². The summed E-state index contributed by atoms with van der Waals surface area (Å²) in [4.78, 5) is 8.57. The molecule has 5 heteroatoms. The monoisotopic (exact) mass is 291 g/mol. The van der Waals surface area contributed by atoms with Crippen molar-refractivity contribution in [2.24, 2.45) is 0 Å². The zero-order chi connectivity index (χ0) is 14.4. The molecule has 0 radical (unpaired) electrons. The number of methoxy groups -OCH3 is 1. The lowest BCUT2D eigenvalue weighted by molar-refractivity contribution is 0.397. The Labute approximate surface area is 124 Å². The SMILES string of the molecule is CCCNCc1ccc(Cl)cc1-c1nccnc1OC. The van der Waals surface area contributed by atoms with E-state index in [0.29, 0.717) is 16.6 Å². The van der Waals surface area contributed by atoms with Gasteiger partial charge in [0.05, 0.1) is 7.11 Å². The van der Waals surface area contributed by atoms with Crippen LogP contribution in [-0.2, 0) is 6.54 Å². The topological polar surface area (TPSA) is 47.0 Å². The molecule has 0 atom stereocenters. The summed E-state index contributed by atoms with van der Waals surface area (Å²) in [6, 6.07) is 5.79. The van der Waals surface area contributed by atoms with Crippen LogP contribution in [0.2, 0.25) is 5.02 Å². The highest BCUT2D eigenvalue weighted by molar-refractivity contribution is 6.30. The minimum Gasteiger partial charge on any atom is -0.479 e. The number of hydrogen-bond acceptors (Lipinski definition) is 4. The predicted octanol–water partition coefficient (Wildman–Crippen LogP) is 3.31. The predicted molar refractivity (Wildman–Crippen MR) is 81.0 cm³/mol. The van der Waals surface area contributed by atoms with Gasteiger partial charge in [-0.1, -0.05) is 24.6 Å². The van der Waals surface area contributed by atoms with E-state index in [4.69, 9.17) is 16.3 Å². The highest BCUT2D eigenvalue weighted by atomic mass is 35.5. The first kappa shape index (κ1) is 14.8. The van der Waals surface area contributed by atoms with E-state index in [0.717, 1.165) is 30.6 Å². The Balaban J connectivity index is 2.40. The third-order valence-corrected chi connectivity index (χ3v) is 3.16. The second kappa shape index (κ2) is 7.22. The van der Waals surface area contributed by atoms with Crippen molar-refractivity contribution in [3.8, 4) is 17.1 Å². The molecule has 0 unspecified atom stereocenters. The lowest BCUT2D eigenvalue weighted by Gasteiger charge is -2.12. The first-order chi connectivity index (χ1) is 9.76. The average Bonchev–Trinajstić information content (AvgIpc) is 2.49. The lowest BCUT2D eigenvalue weighted by atomic mass is 10.0. The maximum atomic E-state index is 6.11. The molecule has 1 heterocycles. The van der Waals surface area contributed by atoms with Gasteiger partial charge in [-0.05, 0) is 30.7 Å². The molecule has 2 aromatic rings. The van der Waals surface area contributed by atoms with E-state index >= 15 is 0 Å². The van der Waals surface area contributed by atoms with Crippen molar-refractivity contribution in [3.63, 3.8) is 0 Å². The van der Waals surface area contributed by atoms with Crippen molar-refractivity contribution in [1.82, 2.24) is 15.3 Å². The Morgan fingerprint density at radius 3 is 2.80 bits per heavy atom. The molecular weight excluding hydrogens is 274 g/mol. The van der Waals surface area contributed by atoms with E-state index in [1.54, 1.807) is 19.5 Å². The molecule has 0 spiro atoms. The Kier molecular flexibility index (Phi) is 5.32. The van der Waals surface area contributed by atoms with Gasteiger partial charge < -0.3 is 10.1 Å². The molecule has 0 saturated heterocycles. The lowest BCUT2D eigenvalue weighted by Crippen LogP contribution is -2.14. The Bertz CT molecular complexity index is 575. The maximum absolute atomic E-state index is 6.11. The molecule has 0 bridgehead atoms. The summed E-state index contributed by atoms with van der Waals surface area (Å²) in [6.45, 7) is 3.88. The number of benzene rings is 1. The molecule has 0 aliphatic rings. The van der Waals surface area contributed by atoms with Crippen LogP contribution >= 0.6 is 11.6 Å². The smallest absolute Gasteiger partial charge is 0.240 e. The van der Waals surface area contributed by atoms with Crippen molar-refractivity contribution in [2.75, 3.05) is 13.7 Å². The minimum atomic E-state index is 0.506. The van der Waals surface area contributed by atoms with Gasteiger partial charge in [-0.3, -0.25) is 0 Å². The van der Waals surface area contributed by atoms with Crippen LogP contribution in [-0.4, -0.2) is 23.6 Å². The molecular formula is C15H18ClN3O. The summed E-state index contributed by atoms with van der Waals surface area (Å²) < 4.78 is 5.28. The first-order valence-corrected chi connectivity index (χ1v) is 6.98. The molecule has 0 saturated carbocycles. The molecule has 0 fully saturated rings. The van der Waals surface area contributed by atoms with Gasteiger partial charge in [-0.25, -0.2) is 9.97 Å². The van der Waals surface area contributed by atoms with Crippen LogP contribution in [0, 0.1) is 0 Å². The summed E-state index contributed by atoms with van der Waals surface area (Å²) in [6.07, 6.45) is 4.36. The number of nitrogens with zero attached hydrogens (tertiary/aromatic N) is 2. The van der Waals surface area contributed by atoms with E-state index in [1.807, 2.05) is 18.2 Å². The summed E-state index contributed by atoms with van der Waals surface area (Å²) in [7, 11) is 1.59. The van der Waals surface area contributed by atoms with Crippen LogP contribution in [0.4, 0.5) is 0 Å². The summed E-state index contributed by atoms with van der Waals surface area (Å²) in [5, 5.41) is 4.06. The van der Waals surface area contributed by atoms with Crippen molar-refractivity contribution in [1.29, 1.82) is 0 Å². The molecule has 1 aromatic carbocycles. The van der Waals surface area contributed by atoms with Gasteiger partial charge in [0, 0.05) is 29.5 Å². The molecule has 0 aliphatic carbocycles. The van der Waals surface area contributed by atoms with E-state index < -0.39 is 0 Å². The van der Waals surface area contributed by atoms with Crippen molar-refractivity contribution in [2.45, 2.75) is 19.9 Å². The van der Waals surface area contributed by atoms with Crippen LogP contribution < -0.4 is 10.1 Å². The van der Waals surface area contributed by atoms with Crippen LogP contribution in [0.5, 0.6) is 5.88 Å².